The average molecular weight is 198 g/mol. The standard InChI is InChI=1S/C10H14O4/c1-4(11)2-5-7-3-6-9(13-7)8(5)14-10(6)12/h4-9,11H,2-3H2,1H3. The molecule has 3 aliphatic heterocycles. The van der Waals surface area contributed by atoms with Crippen molar-refractivity contribution in [3.8, 4) is 0 Å². The molecule has 3 fully saturated rings. The average Bonchev–Trinajstić information content (AvgIpc) is 2.67. The Balaban J connectivity index is 1.82. The monoisotopic (exact) mass is 198 g/mol. The van der Waals surface area contributed by atoms with E-state index in [1.807, 2.05) is 0 Å². The number of carbonyl (C=O) groups excluding carboxylic acids is 1. The van der Waals surface area contributed by atoms with Crippen LogP contribution in [-0.2, 0) is 14.3 Å². The lowest BCUT2D eigenvalue weighted by atomic mass is 9.80. The first kappa shape index (κ1) is 8.68. The van der Waals surface area contributed by atoms with Crippen molar-refractivity contribution in [2.45, 2.75) is 44.2 Å². The first-order chi connectivity index (χ1) is 6.66. The zero-order chi connectivity index (χ0) is 9.87. The number of carbonyl (C=O) groups is 1. The summed E-state index contributed by atoms with van der Waals surface area (Å²) in [6.07, 6.45) is 1.15. The molecule has 4 nitrogen and oxygen atoms in total. The molecule has 3 rings (SSSR count). The third-order valence-electron chi connectivity index (χ3n) is 3.61. The van der Waals surface area contributed by atoms with Gasteiger partial charge in [-0.25, -0.2) is 0 Å². The third-order valence-corrected chi connectivity index (χ3v) is 3.61. The molecule has 3 saturated heterocycles. The van der Waals surface area contributed by atoms with Gasteiger partial charge in [0.15, 0.2) is 0 Å². The summed E-state index contributed by atoms with van der Waals surface area (Å²) < 4.78 is 11.0. The summed E-state index contributed by atoms with van der Waals surface area (Å²) in [6, 6.07) is 0. The molecule has 14 heavy (non-hydrogen) atoms. The van der Waals surface area contributed by atoms with Crippen LogP contribution < -0.4 is 0 Å². The zero-order valence-corrected chi connectivity index (χ0v) is 8.05. The van der Waals surface area contributed by atoms with Gasteiger partial charge in [0.1, 0.15) is 12.2 Å². The Labute approximate surface area is 82.2 Å². The highest BCUT2D eigenvalue weighted by Gasteiger charge is 2.63. The molecular weight excluding hydrogens is 184 g/mol. The van der Waals surface area contributed by atoms with Crippen LogP contribution in [0.3, 0.4) is 0 Å². The SMILES string of the molecule is CC(O)CC1C2CC3C(=O)OC1C3O2. The molecule has 0 aliphatic carbocycles. The van der Waals surface area contributed by atoms with E-state index in [1.165, 1.54) is 0 Å². The maximum atomic E-state index is 11.4. The van der Waals surface area contributed by atoms with Crippen LogP contribution >= 0.6 is 0 Å². The van der Waals surface area contributed by atoms with Crippen molar-refractivity contribution in [3.05, 3.63) is 0 Å². The molecule has 3 heterocycles. The highest BCUT2D eigenvalue weighted by Crippen LogP contribution is 2.50. The Kier molecular flexibility index (Phi) is 1.67. The van der Waals surface area contributed by atoms with Crippen molar-refractivity contribution in [1.82, 2.24) is 0 Å². The van der Waals surface area contributed by atoms with Crippen LogP contribution in [0.15, 0.2) is 0 Å². The van der Waals surface area contributed by atoms with E-state index in [9.17, 15) is 9.90 Å². The van der Waals surface area contributed by atoms with E-state index in [0.717, 1.165) is 6.42 Å². The first-order valence-electron chi connectivity index (χ1n) is 5.21. The van der Waals surface area contributed by atoms with Crippen molar-refractivity contribution in [1.29, 1.82) is 0 Å². The molecule has 6 unspecified atom stereocenters. The van der Waals surface area contributed by atoms with Gasteiger partial charge in [0.2, 0.25) is 0 Å². The van der Waals surface area contributed by atoms with Gasteiger partial charge >= 0.3 is 5.97 Å². The number of fused-ring (bicyclic) bond motifs is 1. The Morgan fingerprint density at radius 1 is 1.57 bits per heavy atom. The van der Waals surface area contributed by atoms with E-state index in [1.54, 1.807) is 6.92 Å². The molecule has 0 saturated carbocycles. The highest BCUT2D eigenvalue weighted by atomic mass is 16.6. The molecule has 0 aromatic carbocycles. The highest BCUT2D eigenvalue weighted by molar-refractivity contribution is 5.77. The van der Waals surface area contributed by atoms with Gasteiger partial charge < -0.3 is 14.6 Å². The number of aliphatic hydroxyl groups is 1. The van der Waals surface area contributed by atoms with Crippen molar-refractivity contribution >= 4 is 5.97 Å². The fourth-order valence-corrected chi connectivity index (χ4v) is 3.06. The molecule has 78 valence electrons. The van der Waals surface area contributed by atoms with Gasteiger partial charge in [-0.15, -0.1) is 0 Å². The van der Waals surface area contributed by atoms with Gasteiger partial charge in [-0.05, 0) is 19.8 Å². The quantitative estimate of drug-likeness (QED) is 0.639. The topological polar surface area (TPSA) is 55.8 Å². The summed E-state index contributed by atoms with van der Waals surface area (Å²) in [4.78, 5) is 11.4. The van der Waals surface area contributed by atoms with E-state index in [0.29, 0.717) is 6.42 Å². The third kappa shape index (κ3) is 0.982. The molecule has 3 aliphatic rings. The fourth-order valence-electron chi connectivity index (χ4n) is 3.06. The first-order valence-corrected chi connectivity index (χ1v) is 5.21. The largest absolute Gasteiger partial charge is 0.459 e. The molecule has 2 bridgehead atoms. The van der Waals surface area contributed by atoms with Crippen LogP contribution in [0.1, 0.15) is 19.8 Å². The van der Waals surface area contributed by atoms with Crippen molar-refractivity contribution < 1.29 is 19.4 Å². The minimum absolute atomic E-state index is 0.0174. The zero-order valence-electron chi connectivity index (χ0n) is 8.05. The molecule has 6 atom stereocenters. The number of hydrogen-bond donors (Lipinski definition) is 1. The van der Waals surface area contributed by atoms with Gasteiger partial charge in [0.05, 0.1) is 18.1 Å². The molecule has 1 N–H and O–H groups in total. The Hall–Kier alpha value is -0.610. The molecule has 0 amide bonds. The molecule has 0 aromatic heterocycles. The second kappa shape index (κ2) is 2.70. The van der Waals surface area contributed by atoms with E-state index in [4.69, 9.17) is 9.47 Å². The normalized spacial score (nSPS) is 51.0. The molecule has 0 spiro atoms. The van der Waals surface area contributed by atoms with Gasteiger partial charge in [0.25, 0.3) is 0 Å². The smallest absolute Gasteiger partial charge is 0.312 e. The van der Waals surface area contributed by atoms with Crippen LogP contribution in [0.2, 0.25) is 0 Å². The Morgan fingerprint density at radius 3 is 3.07 bits per heavy atom. The van der Waals surface area contributed by atoms with Crippen molar-refractivity contribution in [3.63, 3.8) is 0 Å². The summed E-state index contributed by atoms with van der Waals surface area (Å²) in [7, 11) is 0. The lowest BCUT2D eigenvalue weighted by Gasteiger charge is -2.22. The minimum atomic E-state index is -0.347. The second-order valence-electron chi connectivity index (χ2n) is 4.63. The van der Waals surface area contributed by atoms with Crippen LogP contribution in [0, 0.1) is 11.8 Å². The maximum Gasteiger partial charge on any atom is 0.312 e. The van der Waals surface area contributed by atoms with Crippen molar-refractivity contribution in [2.24, 2.45) is 11.8 Å². The number of esters is 1. The summed E-state index contributed by atoms with van der Waals surface area (Å²) in [5, 5.41) is 9.34. The van der Waals surface area contributed by atoms with E-state index in [-0.39, 0.29) is 42.2 Å². The Bertz CT molecular complexity index is 275. The van der Waals surface area contributed by atoms with Gasteiger partial charge in [-0.3, -0.25) is 4.79 Å². The number of ether oxygens (including phenoxy) is 2. The number of aliphatic hydroxyl groups excluding tert-OH is 1. The van der Waals surface area contributed by atoms with Crippen LogP contribution in [-0.4, -0.2) is 35.5 Å². The lowest BCUT2D eigenvalue weighted by molar-refractivity contribution is -0.144. The van der Waals surface area contributed by atoms with E-state index in [2.05, 4.69) is 0 Å². The number of hydrogen-bond acceptors (Lipinski definition) is 4. The van der Waals surface area contributed by atoms with Gasteiger partial charge in [0, 0.05) is 5.92 Å². The number of rotatable bonds is 2. The van der Waals surface area contributed by atoms with E-state index >= 15 is 0 Å². The minimum Gasteiger partial charge on any atom is -0.459 e. The summed E-state index contributed by atoms with van der Waals surface area (Å²) in [6.45, 7) is 1.76. The van der Waals surface area contributed by atoms with Gasteiger partial charge in [-0.1, -0.05) is 0 Å². The van der Waals surface area contributed by atoms with Crippen LogP contribution in [0.4, 0.5) is 0 Å². The summed E-state index contributed by atoms with van der Waals surface area (Å²) >= 11 is 0. The van der Waals surface area contributed by atoms with Crippen molar-refractivity contribution in [2.75, 3.05) is 0 Å². The molecular formula is C10H14O4. The summed E-state index contributed by atoms with van der Waals surface area (Å²) in [5.41, 5.74) is 0. The molecule has 0 radical (unpaired) electrons. The predicted octanol–water partition coefficient (Wildman–Crippen LogP) is 0.0862. The summed E-state index contributed by atoms with van der Waals surface area (Å²) in [5.74, 6) is 0.0912. The Morgan fingerprint density at radius 2 is 2.36 bits per heavy atom. The second-order valence-corrected chi connectivity index (χ2v) is 4.63. The lowest BCUT2D eigenvalue weighted by Crippen LogP contribution is -2.33. The van der Waals surface area contributed by atoms with E-state index < -0.39 is 0 Å². The fraction of sp³-hybridized carbons (Fsp3) is 0.900. The predicted molar refractivity (Wildman–Crippen MR) is 46.4 cm³/mol. The maximum absolute atomic E-state index is 11.4. The molecule has 0 aromatic rings. The van der Waals surface area contributed by atoms with Gasteiger partial charge in [-0.2, -0.15) is 0 Å². The van der Waals surface area contributed by atoms with Crippen LogP contribution in [0.25, 0.3) is 0 Å². The molecule has 4 heteroatoms. The van der Waals surface area contributed by atoms with Crippen LogP contribution in [0.5, 0.6) is 0 Å².